The number of carbonyl (C=O) groups is 1. The van der Waals surface area contributed by atoms with E-state index >= 15 is 0 Å². The van der Waals surface area contributed by atoms with Crippen LogP contribution in [-0.4, -0.2) is 16.6 Å². The molecule has 0 aromatic heterocycles. The van der Waals surface area contributed by atoms with Crippen LogP contribution in [-0.2, 0) is 4.79 Å². The van der Waals surface area contributed by atoms with Gasteiger partial charge in [0.05, 0.1) is 0 Å². The van der Waals surface area contributed by atoms with Crippen molar-refractivity contribution in [2.45, 2.75) is 44.6 Å². The van der Waals surface area contributed by atoms with Gasteiger partial charge in [-0.05, 0) is 12.8 Å². The molecule has 0 bridgehead atoms. The molecule has 0 heterocycles. The molecule has 1 fully saturated rings. The predicted octanol–water partition coefficient (Wildman–Crippen LogP) is 1.01. The van der Waals surface area contributed by atoms with Gasteiger partial charge in [-0.15, -0.1) is 0 Å². The van der Waals surface area contributed by atoms with Crippen molar-refractivity contribution in [1.29, 1.82) is 0 Å². The summed E-state index contributed by atoms with van der Waals surface area (Å²) >= 11 is 0. The number of nitrogens with two attached hydrogens (primary N) is 1. The van der Waals surface area contributed by atoms with Gasteiger partial charge in [0, 0.05) is 6.42 Å². The van der Waals surface area contributed by atoms with Gasteiger partial charge in [-0.3, -0.25) is 4.79 Å². The summed E-state index contributed by atoms with van der Waals surface area (Å²) in [7, 11) is 0. The fourth-order valence-electron chi connectivity index (χ4n) is 1.84. The SMILES string of the molecule is C[C@](O)([CH]C1CCCCC1)C(N)=O. The molecular weight excluding hydrogens is 166 g/mol. The van der Waals surface area contributed by atoms with Crippen LogP contribution in [0, 0.1) is 12.3 Å². The lowest BCUT2D eigenvalue weighted by Gasteiger charge is -2.27. The molecule has 3 nitrogen and oxygen atoms in total. The highest BCUT2D eigenvalue weighted by Gasteiger charge is 2.31. The molecule has 1 rings (SSSR count). The highest BCUT2D eigenvalue weighted by Crippen LogP contribution is 2.29. The van der Waals surface area contributed by atoms with Gasteiger partial charge in [0.25, 0.3) is 0 Å². The van der Waals surface area contributed by atoms with E-state index in [1.165, 1.54) is 26.2 Å². The summed E-state index contributed by atoms with van der Waals surface area (Å²) in [5, 5.41) is 9.61. The number of aliphatic hydroxyl groups is 1. The third-order valence-corrected chi connectivity index (χ3v) is 2.71. The number of carbonyl (C=O) groups excluding carboxylic acids is 1. The molecular formula is C10H18NO2. The number of rotatable bonds is 3. The first-order valence-electron chi connectivity index (χ1n) is 4.90. The third kappa shape index (κ3) is 2.99. The average molecular weight is 184 g/mol. The first-order valence-corrected chi connectivity index (χ1v) is 4.90. The molecule has 1 amide bonds. The number of hydrogen-bond acceptors (Lipinski definition) is 2. The van der Waals surface area contributed by atoms with Crippen molar-refractivity contribution in [3.8, 4) is 0 Å². The molecule has 0 unspecified atom stereocenters. The summed E-state index contributed by atoms with van der Waals surface area (Å²) in [6.45, 7) is 1.46. The fraction of sp³-hybridized carbons (Fsp3) is 0.800. The Morgan fingerprint density at radius 3 is 2.46 bits per heavy atom. The van der Waals surface area contributed by atoms with Crippen LogP contribution in [0.4, 0.5) is 0 Å². The van der Waals surface area contributed by atoms with E-state index in [1.807, 2.05) is 0 Å². The van der Waals surface area contributed by atoms with E-state index in [0.29, 0.717) is 5.92 Å². The van der Waals surface area contributed by atoms with Crippen molar-refractivity contribution in [3.63, 3.8) is 0 Å². The van der Waals surface area contributed by atoms with Gasteiger partial charge in [0.1, 0.15) is 5.60 Å². The largest absolute Gasteiger partial charge is 0.380 e. The molecule has 0 aliphatic heterocycles. The lowest BCUT2D eigenvalue weighted by atomic mass is 9.81. The van der Waals surface area contributed by atoms with E-state index in [0.717, 1.165) is 12.8 Å². The highest BCUT2D eigenvalue weighted by molar-refractivity contribution is 5.84. The van der Waals surface area contributed by atoms with E-state index in [9.17, 15) is 9.90 Å². The zero-order valence-corrected chi connectivity index (χ0v) is 8.12. The van der Waals surface area contributed by atoms with Gasteiger partial charge in [-0.25, -0.2) is 0 Å². The molecule has 1 atom stereocenters. The molecule has 1 saturated carbocycles. The maximum absolute atomic E-state index is 10.8. The van der Waals surface area contributed by atoms with Crippen LogP contribution in [0.2, 0.25) is 0 Å². The van der Waals surface area contributed by atoms with Crippen molar-refractivity contribution < 1.29 is 9.90 Å². The Balaban J connectivity index is 2.41. The van der Waals surface area contributed by atoms with Gasteiger partial charge in [-0.1, -0.05) is 32.1 Å². The Labute approximate surface area is 79.3 Å². The van der Waals surface area contributed by atoms with Crippen molar-refractivity contribution in [2.24, 2.45) is 11.7 Å². The van der Waals surface area contributed by atoms with Crippen LogP contribution in [0.15, 0.2) is 0 Å². The minimum absolute atomic E-state index is 0.358. The molecule has 3 N–H and O–H groups in total. The number of hydrogen-bond donors (Lipinski definition) is 2. The lowest BCUT2D eigenvalue weighted by Crippen LogP contribution is -2.43. The van der Waals surface area contributed by atoms with E-state index in [1.54, 1.807) is 6.42 Å². The predicted molar refractivity (Wildman–Crippen MR) is 50.7 cm³/mol. The Hall–Kier alpha value is -0.570. The first-order chi connectivity index (χ1) is 6.02. The van der Waals surface area contributed by atoms with Gasteiger partial charge in [0.2, 0.25) is 5.91 Å². The molecule has 75 valence electrons. The maximum Gasteiger partial charge on any atom is 0.249 e. The molecule has 0 aromatic carbocycles. The van der Waals surface area contributed by atoms with Crippen molar-refractivity contribution in [3.05, 3.63) is 6.42 Å². The molecule has 1 radical (unpaired) electrons. The lowest BCUT2D eigenvalue weighted by molar-refractivity contribution is -0.132. The van der Waals surface area contributed by atoms with Gasteiger partial charge in [0.15, 0.2) is 0 Å². The highest BCUT2D eigenvalue weighted by atomic mass is 16.3. The van der Waals surface area contributed by atoms with Crippen LogP contribution in [0.1, 0.15) is 39.0 Å². The van der Waals surface area contributed by atoms with Gasteiger partial charge < -0.3 is 10.8 Å². The van der Waals surface area contributed by atoms with Crippen LogP contribution in [0.3, 0.4) is 0 Å². The zero-order valence-electron chi connectivity index (χ0n) is 8.12. The second-order valence-electron chi connectivity index (χ2n) is 4.08. The normalized spacial score (nSPS) is 23.8. The summed E-state index contributed by atoms with van der Waals surface area (Å²) in [6.07, 6.45) is 7.50. The second kappa shape index (κ2) is 4.09. The number of amides is 1. The first kappa shape index (κ1) is 10.5. The van der Waals surface area contributed by atoms with Crippen LogP contribution < -0.4 is 5.73 Å². The summed E-state index contributed by atoms with van der Waals surface area (Å²) in [5.41, 5.74) is 3.64. The number of primary amides is 1. The van der Waals surface area contributed by atoms with Crippen molar-refractivity contribution >= 4 is 5.91 Å². The fourth-order valence-corrected chi connectivity index (χ4v) is 1.84. The van der Waals surface area contributed by atoms with Gasteiger partial charge >= 0.3 is 0 Å². The van der Waals surface area contributed by atoms with Crippen LogP contribution in [0.5, 0.6) is 0 Å². The molecule has 3 heteroatoms. The Kier molecular flexibility index (Phi) is 3.31. The topological polar surface area (TPSA) is 63.3 Å². The minimum atomic E-state index is -1.43. The molecule has 1 aliphatic carbocycles. The quantitative estimate of drug-likeness (QED) is 0.687. The smallest absolute Gasteiger partial charge is 0.249 e. The second-order valence-corrected chi connectivity index (χ2v) is 4.08. The Morgan fingerprint density at radius 1 is 1.46 bits per heavy atom. The summed E-state index contributed by atoms with van der Waals surface area (Å²) < 4.78 is 0. The Bertz CT molecular complexity index is 183. The Morgan fingerprint density at radius 2 is 2.00 bits per heavy atom. The van der Waals surface area contributed by atoms with Crippen LogP contribution >= 0.6 is 0 Å². The molecule has 13 heavy (non-hydrogen) atoms. The molecule has 1 aliphatic rings. The molecule has 0 aromatic rings. The minimum Gasteiger partial charge on any atom is -0.380 e. The van der Waals surface area contributed by atoms with Crippen molar-refractivity contribution in [2.75, 3.05) is 0 Å². The zero-order chi connectivity index (χ0) is 9.90. The summed E-state index contributed by atoms with van der Waals surface area (Å²) in [5.74, 6) is -0.297. The summed E-state index contributed by atoms with van der Waals surface area (Å²) in [4.78, 5) is 10.8. The average Bonchev–Trinajstić information content (AvgIpc) is 2.05. The third-order valence-electron chi connectivity index (χ3n) is 2.71. The molecule has 0 spiro atoms. The van der Waals surface area contributed by atoms with Gasteiger partial charge in [-0.2, -0.15) is 0 Å². The van der Waals surface area contributed by atoms with E-state index in [4.69, 9.17) is 5.73 Å². The van der Waals surface area contributed by atoms with Crippen molar-refractivity contribution in [1.82, 2.24) is 0 Å². The maximum atomic E-state index is 10.8. The van der Waals surface area contributed by atoms with E-state index < -0.39 is 11.5 Å². The monoisotopic (exact) mass is 184 g/mol. The van der Waals surface area contributed by atoms with E-state index in [2.05, 4.69) is 0 Å². The summed E-state index contributed by atoms with van der Waals surface area (Å²) in [6, 6.07) is 0. The standard InChI is InChI=1S/C10H18NO2/c1-10(13,9(11)12)7-8-5-3-2-4-6-8/h7-8,13H,2-6H2,1H3,(H2,11,12)/t10-/m0/s1. The van der Waals surface area contributed by atoms with E-state index in [-0.39, 0.29) is 0 Å². The van der Waals surface area contributed by atoms with Crippen LogP contribution in [0.25, 0.3) is 0 Å². The molecule has 0 saturated heterocycles.